The van der Waals surface area contributed by atoms with Crippen molar-refractivity contribution in [2.24, 2.45) is 0 Å². The van der Waals surface area contributed by atoms with Gasteiger partial charge in [0.05, 0.1) is 51.4 Å². The number of rotatable bonds is 7. The molecular weight excluding hydrogens is 556 g/mol. The SMILES string of the molecule is [B]C(Nc1cc(Cl)c2ncc(C#N)c(Nc3cnc(F)c(F)c3)c2c1)(c1cn(C2CC2)nn1)c1ccccc1Cl. The normalized spacial score (nSPS) is 14.5. The second-order valence-corrected chi connectivity index (χ2v) is 10.2. The zero-order valence-electron chi connectivity index (χ0n) is 20.5. The highest BCUT2D eigenvalue weighted by molar-refractivity contribution is 6.36. The summed E-state index contributed by atoms with van der Waals surface area (Å²) in [5.41, 5.74) is 0.894. The van der Waals surface area contributed by atoms with E-state index in [-0.39, 0.29) is 28.0 Å². The van der Waals surface area contributed by atoms with Gasteiger partial charge in [0.15, 0.2) is 5.82 Å². The van der Waals surface area contributed by atoms with Gasteiger partial charge in [0.1, 0.15) is 19.6 Å². The molecule has 3 heterocycles. The summed E-state index contributed by atoms with van der Waals surface area (Å²) in [7, 11) is 7.03. The van der Waals surface area contributed by atoms with Crippen LogP contribution in [0.4, 0.5) is 25.8 Å². The smallest absolute Gasteiger partial charge is 0.249 e. The van der Waals surface area contributed by atoms with Crippen molar-refractivity contribution in [3.8, 4) is 6.07 Å². The van der Waals surface area contributed by atoms with Crippen molar-refractivity contribution in [2.45, 2.75) is 24.3 Å². The molecule has 1 aliphatic carbocycles. The summed E-state index contributed by atoms with van der Waals surface area (Å²) < 4.78 is 29.1. The Bertz CT molecular complexity index is 1820. The highest BCUT2D eigenvalue weighted by atomic mass is 35.5. The Morgan fingerprint density at radius 1 is 1.05 bits per heavy atom. The van der Waals surface area contributed by atoms with Crippen LogP contribution in [0.15, 0.2) is 61.1 Å². The van der Waals surface area contributed by atoms with Gasteiger partial charge in [-0.05, 0) is 36.6 Å². The fourth-order valence-corrected chi connectivity index (χ4v) is 4.99. The zero-order valence-corrected chi connectivity index (χ0v) is 22.0. The van der Waals surface area contributed by atoms with Gasteiger partial charge in [-0.3, -0.25) is 4.98 Å². The van der Waals surface area contributed by atoms with E-state index in [9.17, 15) is 14.0 Å². The van der Waals surface area contributed by atoms with Crippen molar-refractivity contribution in [3.05, 3.63) is 99.7 Å². The van der Waals surface area contributed by atoms with Crippen LogP contribution in [0.3, 0.4) is 0 Å². The second-order valence-electron chi connectivity index (χ2n) is 9.36. The van der Waals surface area contributed by atoms with E-state index >= 15 is 0 Å². The van der Waals surface area contributed by atoms with E-state index in [1.807, 2.05) is 6.07 Å². The highest BCUT2D eigenvalue weighted by Gasteiger charge is 2.35. The Hall–Kier alpha value is -4.27. The lowest BCUT2D eigenvalue weighted by Crippen LogP contribution is -2.38. The lowest BCUT2D eigenvalue weighted by Gasteiger charge is -2.32. The minimum absolute atomic E-state index is 0.123. The highest BCUT2D eigenvalue weighted by Crippen LogP contribution is 2.40. The summed E-state index contributed by atoms with van der Waals surface area (Å²) in [6.07, 6.45) is 6.26. The molecule has 0 saturated heterocycles. The molecule has 1 aliphatic rings. The van der Waals surface area contributed by atoms with Crippen LogP contribution in [0.1, 0.15) is 35.7 Å². The van der Waals surface area contributed by atoms with Crippen molar-refractivity contribution in [1.82, 2.24) is 25.0 Å². The Morgan fingerprint density at radius 2 is 1.85 bits per heavy atom. The number of fused-ring (bicyclic) bond motifs is 1. The molecule has 5 aromatic rings. The fraction of sp³-hybridized carbons (Fsp3) is 0.148. The van der Waals surface area contributed by atoms with E-state index in [2.05, 4.69) is 37.0 Å². The van der Waals surface area contributed by atoms with Crippen molar-refractivity contribution < 1.29 is 8.78 Å². The third-order valence-electron chi connectivity index (χ3n) is 6.59. The predicted molar refractivity (Wildman–Crippen MR) is 149 cm³/mol. The van der Waals surface area contributed by atoms with E-state index < -0.39 is 17.2 Å². The topological polar surface area (TPSA) is 104 Å². The monoisotopic (exact) mass is 572 g/mol. The molecule has 1 unspecified atom stereocenters. The third-order valence-corrected chi connectivity index (χ3v) is 7.20. The summed E-state index contributed by atoms with van der Waals surface area (Å²) in [5.74, 6) is -2.38. The molecule has 0 bridgehead atoms. The number of aromatic nitrogens is 5. The molecule has 2 N–H and O–H groups in total. The number of halogens is 4. The van der Waals surface area contributed by atoms with Gasteiger partial charge >= 0.3 is 0 Å². The minimum atomic E-state index is -1.43. The quantitative estimate of drug-likeness (QED) is 0.176. The van der Waals surface area contributed by atoms with Gasteiger partial charge in [0.25, 0.3) is 0 Å². The van der Waals surface area contributed by atoms with E-state index in [0.717, 1.165) is 25.1 Å². The first-order valence-electron chi connectivity index (χ1n) is 12.1. The molecule has 2 radical (unpaired) electrons. The van der Waals surface area contributed by atoms with Gasteiger partial charge in [-0.2, -0.15) is 9.65 Å². The number of anilines is 3. The van der Waals surface area contributed by atoms with Crippen LogP contribution in [-0.4, -0.2) is 32.8 Å². The molecular formula is C27H17BCl2F2N8. The molecule has 2 aromatic carbocycles. The van der Waals surface area contributed by atoms with Gasteiger partial charge < -0.3 is 10.6 Å². The van der Waals surface area contributed by atoms with Crippen LogP contribution in [-0.2, 0) is 5.44 Å². The van der Waals surface area contributed by atoms with Crippen molar-refractivity contribution in [2.75, 3.05) is 10.6 Å². The molecule has 0 aliphatic heterocycles. The molecule has 1 fully saturated rings. The van der Waals surface area contributed by atoms with E-state index in [0.29, 0.717) is 32.9 Å². The maximum Gasteiger partial charge on any atom is 0.249 e. The van der Waals surface area contributed by atoms with E-state index in [1.54, 1.807) is 41.2 Å². The van der Waals surface area contributed by atoms with Gasteiger partial charge in [-0.15, -0.1) is 5.10 Å². The maximum absolute atomic E-state index is 13.9. The minimum Gasteiger partial charge on any atom is -0.378 e. The molecule has 1 saturated carbocycles. The number of hydrogen-bond acceptors (Lipinski definition) is 7. The van der Waals surface area contributed by atoms with E-state index in [4.69, 9.17) is 31.0 Å². The number of hydrogen-bond donors (Lipinski definition) is 2. The van der Waals surface area contributed by atoms with Crippen molar-refractivity contribution >= 4 is 59.0 Å². The molecule has 196 valence electrons. The lowest BCUT2D eigenvalue weighted by atomic mass is 9.69. The third kappa shape index (κ3) is 4.70. The average molecular weight is 573 g/mol. The van der Waals surface area contributed by atoms with Gasteiger partial charge in [0.2, 0.25) is 5.95 Å². The van der Waals surface area contributed by atoms with Crippen molar-refractivity contribution in [3.63, 3.8) is 0 Å². The molecule has 0 spiro atoms. The number of nitrogens with zero attached hydrogens (tertiary/aromatic N) is 6. The molecule has 13 heteroatoms. The fourth-order valence-electron chi connectivity index (χ4n) is 4.44. The lowest BCUT2D eigenvalue weighted by molar-refractivity contribution is 0.480. The van der Waals surface area contributed by atoms with Gasteiger partial charge in [-0.1, -0.05) is 46.6 Å². The second kappa shape index (κ2) is 10.0. The Kier molecular flexibility index (Phi) is 6.52. The van der Waals surface area contributed by atoms with Crippen LogP contribution >= 0.6 is 23.2 Å². The predicted octanol–water partition coefficient (Wildman–Crippen LogP) is 6.24. The Labute approximate surface area is 238 Å². The summed E-state index contributed by atoms with van der Waals surface area (Å²) in [5, 5.41) is 25.7. The maximum atomic E-state index is 13.9. The van der Waals surface area contributed by atoms with Crippen LogP contribution in [0.2, 0.25) is 10.0 Å². The summed E-state index contributed by atoms with van der Waals surface area (Å²) in [6, 6.07) is 13.7. The van der Waals surface area contributed by atoms with Crippen LogP contribution in [0, 0.1) is 23.1 Å². The summed E-state index contributed by atoms with van der Waals surface area (Å²) in [4.78, 5) is 7.74. The van der Waals surface area contributed by atoms with Crippen LogP contribution < -0.4 is 10.6 Å². The molecule has 1 atom stereocenters. The molecule has 6 rings (SSSR count). The zero-order chi connectivity index (χ0) is 28.0. The molecule has 0 amide bonds. The van der Waals surface area contributed by atoms with Crippen LogP contribution in [0.25, 0.3) is 10.9 Å². The number of benzene rings is 2. The number of nitrogens with one attached hydrogen (secondary N) is 2. The molecule has 3 aromatic heterocycles. The molecule has 40 heavy (non-hydrogen) atoms. The first kappa shape index (κ1) is 26.0. The Balaban J connectivity index is 1.49. The van der Waals surface area contributed by atoms with Gasteiger partial charge in [-0.25, -0.2) is 14.1 Å². The first-order chi connectivity index (χ1) is 19.3. The largest absolute Gasteiger partial charge is 0.378 e. The number of nitriles is 1. The first-order valence-corrected chi connectivity index (χ1v) is 12.9. The number of pyridine rings is 2. The standard InChI is InChI=1S/C27H17BCl2F2N8/c28-27(19-3-1-2-4-20(19)29,23-13-40(39-38-23)17-5-6-17)37-15-7-18-24(36-16-9-22(31)26(32)35-12-16)14(10-33)11-34-25(18)21(30)8-15/h1-4,7-9,11-13,17,37H,5-6H2,(H,34,36). The summed E-state index contributed by atoms with van der Waals surface area (Å²) >= 11 is 13.2. The van der Waals surface area contributed by atoms with Crippen LogP contribution in [0.5, 0.6) is 0 Å². The van der Waals surface area contributed by atoms with Gasteiger partial charge in [0, 0.05) is 28.4 Å². The van der Waals surface area contributed by atoms with E-state index in [1.165, 1.54) is 6.20 Å². The summed E-state index contributed by atoms with van der Waals surface area (Å²) in [6.45, 7) is 0. The molecule has 8 nitrogen and oxygen atoms in total. The Morgan fingerprint density at radius 3 is 2.58 bits per heavy atom. The van der Waals surface area contributed by atoms with Crippen molar-refractivity contribution in [1.29, 1.82) is 5.26 Å². The average Bonchev–Trinajstić information content (AvgIpc) is 3.66.